The van der Waals surface area contributed by atoms with E-state index < -0.39 is 0 Å². The molecule has 1 aromatic heterocycles. The zero-order valence-electron chi connectivity index (χ0n) is 11.5. The summed E-state index contributed by atoms with van der Waals surface area (Å²) in [5.41, 5.74) is 2.86. The van der Waals surface area contributed by atoms with E-state index in [0.717, 1.165) is 16.6 Å². The van der Waals surface area contributed by atoms with Crippen LogP contribution in [0.4, 0.5) is 4.39 Å². The van der Waals surface area contributed by atoms with Gasteiger partial charge in [0.2, 0.25) is 0 Å². The Hall–Kier alpha value is -2.42. The molecule has 102 valence electrons. The Morgan fingerprint density at radius 3 is 2.43 bits per heavy atom. The Balaban J connectivity index is 1.76. The molecule has 3 aromatic rings. The molecule has 0 radical (unpaired) electrons. The Bertz CT molecular complexity index is 714. The first-order valence-corrected chi connectivity index (χ1v) is 6.84. The van der Waals surface area contributed by atoms with Gasteiger partial charge in [0.1, 0.15) is 0 Å². The van der Waals surface area contributed by atoms with E-state index in [9.17, 15) is 4.39 Å². The van der Waals surface area contributed by atoms with Gasteiger partial charge >= 0.3 is 123 Å². The molecule has 3 rings (SSSR count). The summed E-state index contributed by atoms with van der Waals surface area (Å²) in [5.74, 6) is 1.87. The third kappa shape index (κ3) is 3.37. The molecular formula is C18H14BFO. The Morgan fingerprint density at radius 2 is 1.71 bits per heavy atom. The van der Waals surface area contributed by atoms with Crippen LogP contribution in [0.2, 0.25) is 0 Å². The molecule has 0 aliphatic heterocycles. The second kappa shape index (κ2) is 6.36. The molecule has 0 saturated carbocycles. The molecule has 0 spiro atoms. The maximum atomic E-state index is 14.1. The van der Waals surface area contributed by atoms with Gasteiger partial charge in [0.15, 0.2) is 0 Å². The minimum atomic E-state index is -0.340. The average molecular weight is 276 g/mol. The summed E-state index contributed by atoms with van der Waals surface area (Å²) in [6, 6.07) is 20.6. The van der Waals surface area contributed by atoms with Gasteiger partial charge < -0.3 is 0 Å². The maximum absolute atomic E-state index is 14.1. The van der Waals surface area contributed by atoms with Gasteiger partial charge in [-0.15, -0.1) is 0 Å². The average Bonchev–Trinajstić information content (AvgIpc) is 2.55. The molecule has 0 saturated heterocycles. The first kappa shape index (κ1) is 13.6. The summed E-state index contributed by atoms with van der Waals surface area (Å²) < 4.78 is 19.7. The van der Waals surface area contributed by atoms with E-state index in [4.69, 9.17) is 4.74 Å². The quantitative estimate of drug-likeness (QED) is 0.685. The minimum absolute atomic E-state index is 0.276. The van der Waals surface area contributed by atoms with Gasteiger partial charge in [-0.3, -0.25) is 0 Å². The van der Waals surface area contributed by atoms with Crippen molar-refractivity contribution in [1.82, 2.24) is 0 Å². The van der Waals surface area contributed by atoms with Crippen molar-refractivity contribution in [3.05, 3.63) is 84.1 Å². The molecule has 0 atom stereocenters. The van der Waals surface area contributed by atoms with Crippen molar-refractivity contribution in [2.24, 2.45) is 0 Å². The standard InChI is InChI=1S/C18H14BFO/c20-17-12-15(16-8-4-5-11-19-16)9-10-18(17)21-13-14-6-2-1-3-7-14/h1-12H,13H2. The molecule has 2 aromatic carbocycles. The molecule has 0 bridgehead atoms. The van der Waals surface area contributed by atoms with E-state index in [1.54, 1.807) is 6.07 Å². The van der Waals surface area contributed by atoms with Gasteiger partial charge in [-0.2, -0.15) is 0 Å². The van der Waals surface area contributed by atoms with Gasteiger partial charge in [-0.05, 0) is 0 Å². The second-order valence-corrected chi connectivity index (χ2v) is 4.79. The number of benzene rings is 2. The first-order chi connectivity index (χ1) is 10.3. The van der Waals surface area contributed by atoms with E-state index in [0.29, 0.717) is 6.61 Å². The van der Waals surface area contributed by atoms with Crippen molar-refractivity contribution in [1.29, 1.82) is 0 Å². The molecule has 0 aliphatic carbocycles. The van der Waals surface area contributed by atoms with Gasteiger partial charge in [0.25, 0.3) is 0 Å². The van der Waals surface area contributed by atoms with E-state index in [2.05, 4.69) is 0 Å². The van der Waals surface area contributed by atoms with Crippen molar-refractivity contribution in [3.63, 3.8) is 0 Å². The summed E-state index contributed by atoms with van der Waals surface area (Å²) in [6.07, 6.45) is 0. The Labute approximate surface area is 124 Å². The van der Waals surface area contributed by atoms with Crippen LogP contribution < -0.4 is 4.74 Å². The second-order valence-electron chi connectivity index (χ2n) is 4.79. The van der Waals surface area contributed by atoms with Crippen molar-refractivity contribution in [3.8, 4) is 16.8 Å². The predicted octanol–water partition coefficient (Wildman–Crippen LogP) is 4.41. The Kier molecular flexibility index (Phi) is 4.11. The molecule has 1 heterocycles. The van der Waals surface area contributed by atoms with E-state index >= 15 is 0 Å². The number of hydrogen-bond acceptors (Lipinski definition) is 1. The Morgan fingerprint density at radius 1 is 0.905 bits per heavy atom. The zero-order chi connectivity index (χ0) is 14.5. The van der Waals surface area contributed by atoms with Crippen molar-refractivity contribution in [2.45, 2.75) is 6.61 Å². The summed E-state index contributed by atoms with van der Waals surface area (Å²) in [6.45, 7) is 2.32. The fourth-order valence-electron chi connectivity index (χ4n) is 2.16. The molecule has 21 heavy (non-hydrogen) atoms. The van der Waals surface area contributed by atoms with Crippen LogP contribution >= 0.6 is 0 Å². The number of rotatable bonds is 4. The summed E-state index contributed by atoms with van der Waals surface area (Å²) in [4.78, 5) is 0. The van der Waals surface area contributed by atoms with Crippen molar-refractivity contribution in [2.75, 3.05) is 0 Å². The molecule has 3 heteroatoms. The van der Waals surface area contributed by atoms with Crippen LogP contribution in [0, 0.1) is 5.82 Å². The van der Waals surface area contributed by atoms with Crippen molar-refractivity contribution >= 4 is 6.91 Å². The molecular weight excluding hydrogens is 262 g/mol. The topological polar surface area (TPSA) is 9.23 Å². The fourth-order valence-corrected chi connectivity index (χ4v) is 2.16. The fraction of sp³-hybridized carbons (Fsp3) is 0.0556. The predicted molar refractivity (Wildman–Crippen MR) is 84.0 cm³/mol. The monoisotopic (exact) mass is 276 g/mol. The van der Waals surface area contributed by atoms with Crippen molar-refractivity contribution < 1.29 is 9.13 Å². The summed E-state index contributed by atoms with van der Waals surface area (Å²) >= 11 is 0. The molecule has 0 aliphatic rings. The number of hydrogen-bond donors (Lipinski definition) is 0. The number of halogens is 1. The normalized spacial score (nSPS) is 10.1. The van der Waals surface area contributed by atoms with Gasteiger partial charge in [0, 0.05) is 0 Å². The molecule has 0 unspecified atom stereocenters. The molecule has 0 N–H and O–H groups in total. The summed E-state index contributed by atoms with van der Waals surface area (Å²) in [5, 5.41) is 0. The van der Waals surface area contributed by atoms with Crippen LogP contribution in [0.15, 0.2) is 72.7 Å². The van der Waals surface area contributed by atoms with Gasteiger partial charge in [-0.25, -0.2) is 0 Å². The molecule has 0 amide bonds. The SMILES string of the molecule is Fc1cc(-c2bcccc2)ccc1OCc1ccccc1. The van der Waals surface area contributed by atoms with Crippen LogP contribution in [0.5, 0.6) is 5.75 Å². The molecule has 0 fully saturated rings. The molecule has 1 nitrogen and oxygen atoms in total. The summed E-state index contributed by atoms with van der Waals surface area (Å²) in [7, 11) is 0. The van der Waals surface area contributed by atoms with E-state index in [1.165, 1.54) is 6.07 Å². The van der Waals surface area contributed by atoms with Crippen LogP contribution in [-0.2, 0) is 6.61 Å². The zero-order valence-corrected chi connectivity index (χ0v) is 11.5. The van der Waals surface area contributed by atoms with Crippen LogP contribution in [0.1, 0.15) is 5.56 Å². The van der Waals surface area contributed by atoms with Crippen LogP contribution in [0.25, 0.3) is 11.0 Å². The van der Waals surface area contributed by atoms with Crippen LogP contribution in [0.3, 0.4) is 0 Å². The van der Waals surface area contributed by atoms with Gasteiger partial charge in [0.05, 0.1) is 0 Å². The van der Waals surface area contributed by atoms with E-state index in [-0.39, 0.29) is 11.6 Å². The van der Waals surface area contributed by atoms with E-state index in [1.807, 2.05) is 67.5 Å². The van der Waals surface area contributed by atoms with Gasteiger partial charge in [-0.1, -0.05) is 0 Å². The van der Waals surface area contributed by atoms with Crippen LogP contribution in [-0.4, -0.2) is 6.91 Å². The first-order valence-electron chi connectivity index (χ1n) is 6.84. The number of ether oxygens (including phenoxy) is 1. The third-order valence-electron chi connectivity index (χ3n) is 3.28. The third-order valence-corrected chi connectivity index (χ3v) is 3.28.